The molecule has 0 aliphatic heterocycles. The van der Waals surface area contributed by atoms with E-state index in [4.69, 9.17) is 16.3 Å². The zero-order valence-corrected chi connectivity index (χ0v) is 17.3. The van der Waals surface area contributed by atoms with E-state index >= 15 is 0 Å². The summed E-state index contributed by atoms with van der Waals surface area (Å²) in [6.45, 7) is 0. The second-order valence-corrected chi connectivity index (χ2v) is 8.14. The Morgan fingerprint density at radius 1 is 1.18 bits per heavy atom. The van der Waals surface area contributed by atoms with E-state index in [1.807, 2.05) is 30.3 Å². The zero-order chi connectivity index (χ0) is 20.1. The maximum atomic E-state index is 12.0. The Hall–Kier alpha value is -2.55. The number of carbonyl (C=O) groups excluding carboxylic acids is 2. The minimum absolute atomic E-state index is 0.0669. The third-order valence-corrected chi connectivity index (χ3v) is 5.96. The minimum Gasteiger partial charge on any atom is -0.466 e. The predicted molar refractivity (Wildman–Crippen MR) is 111 cm³/mol. The molecule has 1 heterocycles. The number of hydrogen-bond acceptors (Lipinski definition) is 8. The molecule has 0 fully saturated rings. The molecule has 28 heavy (non-hydrogen) atoms. The van der Waals surface area contributed by atoms with Crippen LogP contribution >= 0.6 is 34.7 Å². The van der Waals surface area contributed by atoms with Crippen LogP contribution in [0.4, 0.5) is 5.69 Å². The normalized spacial score (nSPS) is 11.3. The van der Waals surface area contributed by atoms with Crippen molar-refractivity contribution < 1.29 is 19.1 Å². The van der Waals surface area contributed by atoms with Crippen molar-refractivity contribution in [3.63, 3.8) is 0 Å². The number of rotatable bonds is 6. The number of para-hydroxylation sites is 1. The molecule has 0 unspecified atom stereocenters. The summed E-state index contributed by atoms with van der Waals surface area (Å²) >= 11 is 9.11. The standard InChI is InChI=1S/C19H15ClN2O4S2/c1-25-17(23)10-14(18(24)26-2)21-13-9-11(20)7-8-16(13)28-19-22-12-5-3-4-6-15(12)27-19/h3-10,21H,1-2H3/b14-10+. The van der Waals surface area contributed by atoms with E-state index in [0.29, 0.717) is 10.7 Å². The van der Waals surface area contributed by atoms with Crippen LogP contribution in [0.15, 0.2) is 63.5 Å². The second kappa shape index (κ2) is 9.09. The first-order chi connectivity index (χ1) is 13.5. The van der Waals surface area contributed by atoms with Crippen LogP contribution in [-0.4, -0.2) is 31.1 Å². The molecule has 0 saturated carbocycles. The first-order valence-corrected chi connectivity index (χ1v) is 9.99. The summed E-state index contributed by atoms with van der Waals surface area (Å²) < 4.78 is 11.2. The Morgan fingerprint density at radius 3 is 2.68 bits per heavy atom. The number of nitrogens with one attached hydrogen (secondary N) is 1. The summed E-state index contributed by atoms with van der Waals surface area (Å²) in [7, 11) is 2.45. The van der Waals surface area contributed by atoms with Crippen LogP contribution in [0.3, 0.4) is 0 Å². The van der Waals surface area contributed by atoms with Crippen molar-refractivity contribution in [3.8, 4) is 0 Å². The average molecular weight is 435 g/mol. The number of esters is 2. The molecule has 9 heteroatoms. The summed E-state index contributed by atoms with van der Waals surface area (Å²) in [5, 5.41) is 3.39. The van der Waals surface area contributed by atoms with Crippen LogP contribution in [-0.2, 0) is 19.1 Å². The predicted octanol–water partition coefficient (Wildman–Crippen LogP) is 4.74. The summed E-state index contributed by atoms with van der Waals surface area (Å²) in [5.74, 6) is -1.39. The Labute approximate surface area is 174 Å². The molecule has 0 saturated heterocycles. The van der Waals surface area contributed by atoms with Crippen LogP contribution in [0.2, 0.25) is 5.02 Å². The highest BCUT2D eigenvalue weighted by molar-refractivity contribution is 8.01. The lowest BCUT2D eigenvalue weighted by Gasteiger charge is -2.13. The smallest absolute Gasteiger partial charge is 0.354 e. The number of anilines is 1. The van der Waals surface area contributed by atoms with E-state index in [1.165, 1.54) is 26.0 Å². The number of aromatic nitrogens is 1. The lowest BCUT2D eigenvalue weighted by atomic mass is 10.3. The first-order valence-electron chi connectivity index (χ1n) is 7.98. The number of methoxy groups -OCH3 is 2. The Kier molecular flexibility index (Phi) is 6.56. The van der Waals surface area contributed by atoms with E-state index in [1.54, 1.807) is 23.5 Å². The van der Waals surface area contributed by atoms with Crippen LogP contribution in [0.5, 0.6) is 0 Å². The molecule has 3 aromatic rings. The number of nitrogens with zero attached hydrogens (tertiary/aromatic N) is 1. The van der Waals surface area contributed by atoms with Gasteiger partial charge in [-0.15, -0.1) is 11.3 Å². The molecule has 0 atom stereocenters. The van der Waals surface area contributed by atoms with Gasteiger partial charge in [-0.3, -0.25) is 0 Å². The van der Waals surface area contributed by atoms with E-state index in [0.717, 1.165) is 25.5 Å². The number of fused-ring (bicyclic) bond motifs is 1. The molecule has 1 aromatic heterocycles. The van der Waals surface area contributed by atoms with Crippen LogP contribution < -0.4 is 5.32 Å². The molecule has 0 aliphatic rings. The summed E-state index contributed by atoms with van der Waals surface area (Å²) in [5.41, 5.74) is 1.39. The summed E-state index contributed by atoms with van der Waals surface area (Å²) in [4.78, 5) is 29.0. The van der Waals surface area contributed by atoms with Gasteiger partial charge in [-0.2, -0.15) is 0 Å². The van der Waals surface area contributed by atoms with Gasteiger partial charge in [-0.25, -0.2) is 14.6 Å². The highest BCUT2D eigenvalue weighted by atomic mass is 35.5. The first kappa shape index (κ1) is 20.2. The lowest BCUT2D eigenvalue weighted by Crippen LogP contribution is -2.15. The molecule has 3 rings (SSSR count). The van der Waals surface area contributed by atoms with Crippen LogP contribution in [0.25, 0.3) is 10.2 Å². The molecular weight excluding hydrogens is 420 g/mol. The van der Waals surface area contributed by atoms with Crippen LogP contribution in [0.1, 0.15) is 0 Å². The number of benzene rings is 2. The number of carbonyl (C=O) groups is 2. The minimum atomic E-state index is -0.707. The van der Waals surface area contributed by atoms with Gasteiger partial charge in [0.15, 0.2) is 4.34 Å². The van der Waals surface area contributed by atoms with E-state index in [2.05, 4.69) is 15.0 Å². The Bertz CT molecular complexity index is 1030. The largest absolute Gasteiger partial charge is 0.466 e. The van der Waals surface area contributed by atoms with Gasteiger partial charge >= 0.3 is 11.9 Å². The number of thiazole rings is 1. The highest BCUT2D eigenvalue weighted by Crippen LogP contribution is 2.39. The van der Waals surface area contributed by atoms with Gasteiger partial charge in [0.1, 0.15) is 5.70 Å². The molecule has 0 aliphatic carbocycles. The molecule has 144 valence electrons. The molecule has 2 aromatic carbocycles. The van der Waals surface area contributed by atoms with Gasteiger partial charge in [0.25, 0.3) is 0 Å². The second-order valence-electron chi connectivity index (χ2n) is 5.39. The van der Waals surface area contributed by atoms with Crippen LogP contribution in [0, 0.1) is 0 Å². The Balaban J connectivity index is 1.94. The monoisotopic (exact) mass is 434 g/mol. The van der Waals surface area contributed by atoms with Gasteiger partial charge in [-0.1, -0.05) is 35.5 Å². The SMILES string of the molecule is COC(=O)/C=C(/Nc1cc(Cl)ccc1Sc1nc2ccccc2s1)C(=O)OC. The molecule has 0 radical (unpaired) electrons. The molecule has 0 spiro atoms. The van der Waals surface area contributed by atoms with Gasteiger partial charge in [0, 0.05) is 9.92 Å². The zero-order valence-electron chi connectivity index (χ0n) is 14.9. The maximum absolute atomic E-state index is 12.0. The van der Waals surface area contributed by atoms with Gasteiger partial charge in [0.05, 0.1) is 36.2 Å². The lowest BCUT2D eigenvalue weighted by molar-refractivity contribution is -0.138. The van der Waals surface area contributed by atoms with E-state index in [9.17, 15) is 9.59 Å². The van der Waals surface area contributed by atoms with E-state index in [-0.39, 0.29) is 5.70 Å². The van der Waals surface area contributed by atoms with Crippen molar-refractivity contribution >= 4 is 62.5 Å². The van der Waals surface area contributed by atoms with Crippen molar-refractivity contribution in [1.82, 2.24) is 4.98 Å². The van der Waals surface area contributed by atoms with Crippen molar-refractivity contribution in [1.29, 1.82) is 0 Å². The number of ether oxygens (including phenoxy) is 2. The van der Waals surface area contributed by atoms with Crippen molar-refractivity contribution in [2.75, 3.05) is 19.5 Å². The fraction of sp³-hybridized carbons (Fsp3) is 0.105. The summed E-state index contributed by atoms with van der Waals surface area (Å²) in [6.07, 6.45) is 1.03. The molecule has 0 amide bonds. The number of hydrogen-bond donors (Lipinski definition) is 1. The third-order valence-electron chi connectivity index (χ3n) is 3.55. The highest BCUT2D eigenvalue weighted by Gasteiger charge is 2.16. The van der Waals surface area contributed by atoms with Crippen molar-refractivity contribution in [3.05, 3.63) is 59.3 Å². The van der Waals surface area contributed by atoms with E-state index < -0.39 is 11.9 Å². The maximum Gasteiger partial charge on any atom is 0.354 e. The summed E-state index contributed by atoms with van der Waals surface area (Å²) in [6, 6.07) is 13.1. The number of halogens is 1. The van der Waals surface area contributed by atoms with Crippen molar-refractivity contribution in [2.45, 2.75) is 9.24 Å². The Morgan fingerprint density at radius 2 is 1.96 bits per heavy atom. The van der Waals surface area contributed by atoms with Crippen molar-refractivity contribution in [2.24, 2.45) is 0 Å². The quantitative estimate of drug-likeness (QED) is 0.443. The average Bonchev–Trinajstić information content (AvgIpc) is 3.11. The molecule has 6 nitrogen and oxygen atoms in total. The third kappa shape index (κ3) is 4.83. The van der Waals surface area contributed by atoms with Gasteiger partial charge in [-0.05, 0) is 30.3 Å². The molecular formula is C19H15ClN2O4S2. The fourth-order valence-electron chi connectivity index (χ4n) is 2.26. The topological polar surface area (TPSA) is 77.5 Å². The molecule has 1 N–H and O–H groups in total. The fourth-order valence-corrected chi connectivity index (χ4v) is 4.52. The molecule has 0 bridgehead atoms. The van der Waals surface area contributed by atoms with Gasteiger partial charge < -0.3 is 14.8 Å². The van der Waals surface area contributed by atoms with Gasteiger partial charge in [0.2, 0.25) is 0 Å².